The number of hydrogen-bond acceptors (Lipinski definition) is 2. The maximum Gasteiger partial charge on any atom is 0.211 e. The number of fused-ring (bicyclic) bond motifs is 6. The largest absolute Gasteiger partial charge is 0.318 e. The summed E-state index contributed by atoms with van der Waals surface area (Å²) < 4.78 is 4.39. The van der Waals surface area contributed by atoms with Crippen molar-refractivity contribution in [2.75, 3.05) is 0 Å². The summed E-state index contributed by atoms with van der Waals surface area (Å²) in [7, 11) is 0. The van der Waals surface area contributed by atoms with Crippen molar-refractivity contribution in [1.29, 1.82) is 10.5 Å². The van der Waals surface area contributed by atoms with Crippen molar-refractivity contribution in [3.8, 4) is 45.8 Å². The first-order valence-electron chi connectivity index (χ1n) is 16.3. The molecule has 0 radical (unpaired) electrons. The minimum Gasteiger partial charge on any atom is -0.318 e. The van der Waals surface area contributed by atoms with E-state index in [1.807, 2.05) is 91.0 Å². The van der Waals surface area contributed by atoms with Crippen LogP contribution in [-0.2, 0) is 0 Å². The molecule has 0 bridgehead atoms. The molecule has 0 amide bonds. The van der Waals surface area contributed by atoms with Crippen LogP contribution < -0.4 is 0 Å². The summed E-state index contributed by atoms with van der Waals surface area (Å²) in [6.07, 6.45) is 0. The maximum absolute atomic E-state index is 10.6. The number of rotatable bonds is 4. The zero-order chi connectivity index (χ0) is 33.8. The maximum atomic E-state index is 10.6. The van der Waals surface area contributed by atoms with Crippen molar-refractivity contribution in [2.45, 2.75) is 0 Å². The van der Waals surface area contributed by atoms with Gasteiger partial charge in [-0.15, -0.1) is 0 Å². The fourth-order valence-electron chi connectivity index (χ4n) is 7.43. The Kier molecular flexibility index (Phi) is 6.56. The molecule has 2 aromatic heterocycles. The van der Waals surface area contributed by atoms with Gasteiger partial charge >= 0.3 is 0 Å². The van der Waals surface area contributed by atoms with Gasteiger partial charge in [0.05, 0.1) is 57.6 Å². The molecule has 7 aromatic carbocycles. The molecule has 0 unspecified atom stereocenters. The van der Waals surface area contributed by atoms with Crippen LogP contribution in [0, 0.1) is 29.2 Å². The number of aromatic nitrogens is 2. The fourth-order valence-corrected chi connectivity index (χ4v) is 7.43. The van der Waals surface area contributed by atoms with Crippen molar-refractivity contribution in [1.82, 2.24) is 9.13 Å². The van der Waals surface area contributed by atoms with Gasteiger partial charge in [0.2, 0.25) is 5.69 Å². The molecule has 0 spiro atoms. The Bertz CT molecular complexity index is 2920. The lowest BCUT2D eigenvalue weighted by molar-refractivity contribution is 1.18. The van der Waals surface area contributed by atoms with E-state index in [4.69, 9.17) is 6.57 Å². The third kappa shape index (κ3) is 4.31. The van der Waals surface area contributed by atoms with Crippen LogP contribution in [0.4, 0.5) is 5.69 Å². The zero-order valence-electron chi connectivity index (χ0n) is 26.7. The van der Waals surface area contributed by atoms with Gasteiger partial charge in [-0.25, -0.2) is 4.85 Å². The molecule has 5 nitrogen and oxygen atoms in total. The molecule has 0 saturated heterocycles. The molecule has 230 valence electrons. The number of nitrogens with zero attached hydrogens (tertiary/aromatic N) is 5. The molecule has 0 aliphatic carbocycles. The Labute approximate surface area is 288 Å². The number of para-hydroxylation sites is 4. The van der Waals surface area contributed by atoms with Crippen molar-refractivity contribution in [3.05, 3.63) is 174 Å². The highest BCUT2D eigenvalue weighted by atomic mass is 15.0. The number of benzene rings is 7. The summed E-state index contributed by atoms with van der Waals surface area (Å²) >= 11 is 0. The van der Waals surface area contributed by atoms with Crippen LogP contribution in [-0.4, -0.2) is 9.13 Å². The second kappa shape index (κ2) is 11.4. The molecule has 0 aliphatic heterocycles. The van der Waals surface area contributed by atoms with Gasteiger partial charge in [-0.05, 0) is 71.3 Å². The Balaban J connectivity index is 1.21. The van der Waals surface area contributed by atoms with Gasteiger partial charge in [0.15, 0.2) is 0 Å². The molecule has 50 heavy (non-hydrogen) atoms. The Morgan fingerprint density at radius 3 is 1.78 bits per heavy atom. The summed E-state index contributed by atoms with van der Waals surface area (Å²) in [5.74, 6) is 0. The lowest BCUT2D eigenvalue weighted by atomic mass is 9.93. The molecule has 2 heterocycles. The van der Waals surface area contributed by atoms with Crippen molar-refractivity contribution in [3.63, 3.8) is 0 Å². The van der Waals surface area contributed by atoms with Gasteiger partial charge in [0, 0.05) is 32.8 Å². The third-order valence-electron chi connectivity index (χ3n) is 9.61. The average molecular weight is 636 g/mol. The molecular weight excluding hydrogens is 611 g/mol. The number of hydrogen-bond donors (Lipinski definition) is 0. The highest BCUT2D eigenvalue weighted by Crippen LogP contribution is 2.42. The molecular formula is C45H25N5. The third-order valence-corrected chi connectivity index (χ3v) is 9.61. The smallest absolute Gasteiger partial charge is 0.211 e. The predicted molar refractivity (Wildman–Crippen MR) is 202 cm³/mol. The van der Waals surface area contributed by atoms with E-state index in [9.17, 15) is 10.5 Å². The van der Waals surface area contributed by atoms with E-state index < -0.39 is 0 Å². The van der Waals surface area contributed by atoms with E-state index in [0.29, 0.717) is 16.8 Å². The Morgan fingerprint density at radius 2 is 1.10 bits per heavy atom. The summed E-state index contributed by atoms with van der Waals surface area (Å²) in [5, 5.41) is 24.5. The first-order chi connectivity index (χ1) is 24.7. The standard InChI is InChI=1S/C45H25N5/c1-48-40-16-9-15-38(45(40)50-42-18-6-2-12-35(42)36-13-3-7-19-43(36)50)34-22-21-31(25-32(34)28-47)30-10-8-11-33(26-30)49-41-17-5-4-14-37(41)39-24-29(27-46)20-23-44(39)49/h2-26H. The zero-order valence-corrected chi connectivity index (χ0v) is 26.7. The topological polar surface area (TPSA) is 61.8 Å². The van der Waals surface area contributed by atoms with E-state index in [1.54, 1.807) is 0 Å². The summed E-state index contributed by atoms with van der Waals surface area (Å²) in [6.45, 7) is 8.14. The summed E-state index contributed by atoms with van der Waals surface area (Å²) in [4.78, 5) is 3.96. The lowest BCUT2D eigenvalue weighted by Gasteiger charge is -2.17. The summed E-state index contributed by atoms with van der Waals surface area (Å²) in [6, 6.07) is 55.4. The van der Waals surface area contributed by atoms with Crippen LogP contribution in [0.5, 0.6) is 0 Å². The second-order valence-electron chi connectivity index (χ2n) is 12.3. The van der Waals surface area contributed by atoms with Gasteiger partial charge in [0.25, 0.3) is 0 Å². The highest BCUT2D eigenvalue weighted by Gasteiger charge is 2.21. The first kappa shape index (κ1) is 28.8. The van der Waals surface area contributed by atoms with Crippen molar-refractivity contribution < 1.29 is 0 Å². The molecule has 0 N–H and O–H groups in total. The normalized spacial score (nSPS) is 11.1. The van der Waals surface area contributed by atoms with Crippen molar-refractivity contribution in [2.24, 2.45) is 0 Å². The molecule has 0 saturated carbocycles. The molecule has 0 atom stereocenters. The summed E-state index contributed by atoms with van der Waals surface area (Å²) in [5.41, 5.74) is 11.0. The number of nitriles is 2. The van der Waals surface area contributed by atoms with Gasteiger partial charge in [-0.3, -0.25) is 0 Å². The Hall–Kier alpha value is -7.39. The highest BCUT2D eigenvalue weighted by molar-refractivity contribution is 6.11. The van der Waals surface area contributed by atoms with E-state index in [0.717, 1.165) is 77.2 Å². The van der Waals surface area contributed by atoms with Gasteiger partial charge < -0.3 is 9.13 Å². The van der Waals surface area contributed by atoms with Crippen LogP contribution >= 0.6 is 0 Å². The Morgan fingerprint density at radius 1 is 0.480 bits per heavy atom. The predicted octanol–water partition coefficient (Wildman–Crippen LogP) is 11.5. The molecule has 0 fully saturated rings. The van der Waals surface area contributed by atoms with Crippen molar-refractivity contribution >= 4 is 49.3 Å². The monoisotopic (exact) mass is 635 g/mol. The quantitative estimate of drug-likeness (QED) is 0.181. The lowest BCUT2D eigenvalue weighted by Crippen LogP contribution is -1.99. The van der Waals surface area contributed by atoms with E-state index >= 15 is 0 Å². The van der Waals surface area contributed by atoms with E-state index in [1.165, 1.54) is 0 Å². The molecule has 9 aromatic rings. The minimum atomic E-state index is 0.516. The molecule has 5 heteroatoms. The van der Waals surface area contributed by atoms with Gasteiger partial charge in [-0.2, -0.15) is 10.5 Å². The SMILES string of the molecule is [C-]#[N+]c1cccc(-c2ccc(-c3cccc(-n4c5ccccc5c5cc(C#N)ccc54)c3)cc2C#N)c1-n1c2ccccc2c2ccccc21. The van der Waals surface area contributed by atoms with Crippen LogP contribution in [0.2, 0.25) is 0 Å². The van der Waals surface area contributed by atoms with Crippen LogP contribution in [0.25, 0.3) is 82.1 Å². The van der Waals surface area contributed by atoms with E-state index in [-0.39, 0.29) is 0 Å². The second-order valence-corrected chi connectivity index (χ2v) is 12.3. The van der Waals surface area contributed by atoms with Crippen LogP contribution in [0.15, 0.2) is 152 Å². The van der Waals surface area contributed by atoms with Crippen LogP contribution in [0.3, 0.4) is 0 Å². The van der Waals surface area contributed by atoms with E-state index in [2.05, 4.69) is 86.8 Å². The molecule has 9 rings (SSSR count). The fraction of sp³-hybridized carbons (Fsp3) is 0. The van der Waals surface area contributed by atoms with Gasteiger partial charge in [-0.1, -0.05) is 97.1 Å². The average Bonchev–Trinajstić information content (AvgIpc) is 3.70. The minimum absolute atomic E-state index is 0.516. The van der Waals surface area contributed by atoms with Crippen LogP contribution in [0.1, 0.15) is 11.1 Å². The van der Waals surface area contributed by atoms with Gasteiger partial charge in [0.1, 0.15) is 0 Å². The molecule has 0 aliphatic rings. The first-order valence-corrected chi connectivity index (χ1v) is 16.3.